The lowest BCUT2D eigenvalue weighted by Crippen LogP contribution is -2.48. The number of piperidine rings is 1. The minimum absolute atomic E-state index is 0.0363. The van der Waals surface area contributed by atoms with Crippen LogP contribution in [-0.2, 0) is 0 Å². The summed E-state index contributed by atoms with van der Waals surface area (Å²) < 4.78 is 0. The first-order chi connectivity index (χ1) is 9.22. The van der Waals surface area contributed by atoms with Crippen LogP contribution in [0.4, 0.5) is 10.5 Å². The van der Waals surface area contributed by atoms with Crippen LogP contribution in [0.5, 0.6) is 0 Å². The number of fused-ring (bicyclic) bond motifs is 1. The molecular formula is C15H21N3O. The van der Waals surface area contributed by atoms with Gasteiger partial charge in [-0.3, -0.25) is 0 Å². The molecule has 2 N–H and O–H groups in total. The van der Waals surface area contributed by atoms with Gasteiger partial charge in [0.15, 0.2) is 0 Å². The Morgan fingerprint density at radius 1 is 1.32 bits per heavy atom. The SMILES string of the molecule is Cc1ccc(NC(=O)N2CCC3NCCC3C2)cc1. The van der Waals surface area contributed by atoms with Gasteiger partial charge in [0, 0.05) is 24.8 Å². The van der Waals surface area contributed by atoms with E-state index in [1.54, 1.807) is 0 Å². The van der Waals surface area contributed by atoms with E-state index in [2.05, 4.69) is 10.6 Å². The zero-order chi connectivity index (χ0) is 13.2. The van der Waals surface area contributed by atoms with E-state index in [4.69, 9.17) is 0 Å². The van der Waals surface area contributed by atoms with Crippen LogP contribution < -0.4 is 10.6 Å². The van der Waals surface area contributed by atoms with Gasteiger partial charge in [-0.2, -0.15) is 0 Å². The molecule has 4 nitrogen and oxygen atoms in total. The molecule has 3 rings (SSSR count). The molecule has 102 valence electrons. The highest BCUT2D eigenvalue weighted by molar-refractivity contribution is 5.89. The second-order valence-corrected chi connectivity index (χ2v) is 5.64. The van der Waals surface area contributed by atoms with Gasteiger partial charge in [-0.25, -0.2) is 4.79 Å². The molecule has 0 bridgehead atoms. The topological polar surface area (TPSA) is 44.4 Å². The van der Waals surface area contributed by atoms with Crippen LogP contribution in [0.3, 0.4) is 0 Å². The maximum absolute atomic E-state index is 12.2. The third-order valence-corrected chi connectivity index (χ3v) is 4.25. The van der Waals surface area contributed by atoms with Gasteiger partial charge >= 0.3 is 6.03 Å². The summed E-state index contributed by atoms with van der Waals surface area (Å²) in [4.78, 5) is 14.2. The third-order valence-electron chi connectivity index (χ3n) is 4.25. The zero-order valence-electron chi connectivity index (χ0n) is 11.4. The van der Waals surface area contributed by atoms with E-state index in [1.165, 1.54) is 12.0 Å². The summed E-state index contributed by atoms with van der Waals surface area (Å²) in [6, 6.07) is 8.61. The predicted octanol–water partition coefficient (Wildman–Crippen LogP) is 2.21. The van der Waals surface area contributed by atoms with Gasteiger partial charge in [0.05, 0.1) is 0 Å². The van der Waals surface area contributed by atoms with E-state index in [0.29, 0.717) is 12.0 Å². The van der Waals surface area contributed by atoms with Crippen LogP contribution >= 0.6 is 0 Å². The van der Waals surface area contributed by atoms with Gasteiger partial charge in [-0.1, -0.05) is 17.7 Å². The standard InChI is InChI=1S/C15H21N3O/c1-11-2-4-13(5-3-11)17-15(19)18-9-7-14-12(10-18)6-8-16-14/h2-5,12,14,16H,6-10H2,1H3,(H,17,19). The van der Waals surface area contributed by atoms with Crippen molar-refractivity contribution in [2.75, 3.05) is 25.0 Å². The fourth-order valence-electron chi connectivity index (χ4n) is 3.07. The summed E-state index contributed by atoms with van der Waals surface area (Å²) in [6.07, 6.45) is 2.27. The highest BCUT2D eigenvalue weighted by Gasteiger charge is 2.34. The number of anilines is 1. The van der Waals surface area contributed by atoms with Crippen molar-refractivity contribution in [1.82, 2.24) is 10.2 Å². The Labute approximate surface area is 114 Å². The van der Waals surface area contributed by atoms with Crippen molar-refractivity contribution < 1.29 is 4.79 Å². The number of amides is 2. The summed E-state index contributed by atoms with van der Waals surface area (Å²) >= 11 is 0. The van der Waals surface area contributed by atoms with Crippen LogP contribution in [0.1, 0.15) is 18.4 Å². The molecule has 19 heavy (non-hydrogen) atoms. The van der Waals surface area contributed by atoms with E-state index >= 15 is 0 Å². The molecule has 0 aromatic heterocycles. The summed E-state index contributed by atoms with van der Waals surface area (Å²) in [5.74, 6) is 0.637. The quantitative estimate of drug-likeness (QED) is 0.812. The molecule has 2 heterocycles. The number of hydrogen-bond donors (Lipinski definition) is 2. The van der Waals surface area contributed by atoms with Crippen LogP contribution in [0, 0.1) is 12.8 Å². The lowest BCUT2D eigenvalue weighted by molar-refractivity contribution is 0.170. The second kappa shape index (κ2) is 5.21. The van der Waals surface area contributed by atoms with E-state index < -0.39 is 0 Å². The van der Waals surface area contributed by atoms with Crippen molar-refractivity contribution in [3.8, 4) is 0 Å². The molecule has 0 saturated carbocycles. The van der Waals surface area contributed by atoms with E-state index in [1.807, 2.05) is 36.1 Å². The Kier molecular flexibility index (Phi) is 3.42. The van der Waals surface area contributed by atoms with Crippen LogP contribution in [0.25, 0.3) is 0 Å². The lowest BCUT2D eigenvalue weighted by Gasteiger charge is -2.34. The maximum Gasteiger partial charge on any atom is 0.321 e. The predicted molar refractivity (Wildman–Crippen MR) is 76.3 cm³/mol. The minimum atomic E-state index is 0.0363. The number of carbonyl (C=O) groups excluding carboxylic acids is 1. The minimum Gasteiger partial charge on any atom is -0.324 e. The van der Waals surface area contributed by atoms with Crippen LogP contribution in [0.2, 0.25) is 0 Å². The fraction of sp³-hybridized carbons (Fsp3) is 0.533. The molecule has 1 aromatic rings. The Balaban J connectivity index is 1.59. The highest BCUT2D eigenvalue weighted by Crippen LogP contribution is 2.25. The Hall–Kier alpha value is -1.55. The first kappa shape index (κ1) is 12.5. The molecule has 0 aliphatic carbocycles. The van der Waals surface area contributed by atoms with Gasteiger partial charge in [0.1, 0.15) is 0 Å². The molecule has 2 aliphatic heterocycles. The first-order valence-corrected chi connectivity index (χ1v) is 7.08. The normalized spacial score (nSPS) is 26.1. The summed E-state index contributed by atoms with van der Waals surface area (Å²) in [7, 11) is 0. The van der Waals surface area contributed by atoms with E-state index in [-0.39, 0.29) is 6.03 Å². The van der Waals surface area contributed by atoms with Crippen molar-refractivity contribution in [2.45, 2.75) is 25.8 Å². The van der Waals surface area contributed by atoms with Gasteiger partial charge in [-0.05, 0) is 44.4 Å². The van der Waals surface area contributed by atoms with Gasteiger partial charge < -0.3 is 15.5 Å². The molecule has 2 saturated heterocycles. The molecule has 1 aromatic carbocycles. The second-order valence-electron chi connectivity index (χ2n) is 5.64. The number of urea groups is 1. The number of likely N-dealkylation sites (tertiary alicyclic amines) is 1. The van der Waals surface area contributed by atoms with Gasteiger partial charge in [0.2, 0.25) is 0 Å². The Morgan fingerprint density at radius 2 is 2.11 bits per heavy atom. The number of nitrogens with zero attached hydrogens (tertiary/aromatic N) is 1. The van der Waals surface area contributed by atoms with E-state index in [0.717, 1.165) is 31.7 Å². The molecule has 0 radical (unpaired) electrons. The number of hydrogen-bond acceptors (Lipinski definition) is 2. The van der Waals surface area contributed by atoms with Gasteiger partial charge in [0.25, 0.3) is 0 Å². The van der Waals surface area contributed by atoms with Crippen molar-refractivity contribution in [3.05, 3.63) is 29.8 Å². The van der Waals surface area contributed by atoms with E-state index in [9.17, 15) is 4.79 Å². The highest BCUT2D eigenvalue weighted by atomic mass is 16.2. The Morgan fingerprint density at radius 3 is 2.89 bits per heavy atom. The number of rotatable bonds is 1. The molecule has 2 fully saturated rings. The molecule has 2 unspecified atom stereocenters. The molecule has 2 aliphatic rings. The number of carbonyl (C=O) groups is 1. The largest absolute Gasteiger partial charge is 0.324 e. The summed E-state index contributed by atoms with van der Waals surface area (Å²) in [5, 5.41) is 6.50. The third kappa shape index (κ3) is 2.73. The van der Waals surface area contributed by atoms with Crippen LogP contribution in [-0.4, -0.2) is 36.6 Å². The molecule has 2 amide bonds. The number of aryl methyl sites for hydroxylation is 1. The monoisotopic (exact) mass is 259 g/mol. The smallest absolute Gasteiger partial charge is 0.321 e. The fourth-order valence-corrected chi connectivity index (χ4v) is 3.07. The average Bonchev–Trinajstić information content (AvgIpc) is 2.88. The van der Waals surface area contributed by atoms with Crippen molar-refractivity contribution >= 4 is 11.7 Å². The maximum atomic E-state index is 12.2. The molecule has 2 atom stereocenters. The molecular weight excluding hydrogens is 238 g/mol. The first-order valence-electron chi connectivity index (χ1n) is 7.08. The zero-order valence-corrected chi connectivity index (χ0v) is 11.4. The van der Waals surface area contributed by atoms with Gasteiger partial charge in [-0.15, -0.1) is 0 Å². The Bertz CT molecular complexity index is 457. The number of benzene rings is 1. The van der Waals surface area contributed by atoms with Crippen molar-refractivity contribution in [1.29, 1.82) is 0 Å². The molecule has 0 spiro atoms. The number of nitrogens with one attached hydrogen (secondary N) is 2. The average molecular weight is 259 g/mol. The lowest BCUT2D eigenvalue weighted by atomic mass is 9.94. The summed E-state index contributed by atoms with van der Waals surface area (Å²) in [5.41, 5.74) is 2.08. The van der Waals surface area contributed by atoms with Crippen LogP contribution in [0.15, 0.2) is 24.3 Å². The summed E-state index contributed by atoms with van der Waals surface area (Å²) in [6.45, 7) is 4.88. The van der Waals surface area contributed by atoms with Crippen molar-refractivity contribution in [3.63, 3.8) is 0 Å². The van der Waals surface area contributed by atoms with Crippen molar-refractivity contribution in [2.24, 2.45) is 5.92 Å². The molecule has 4 heteroatoms.